The van der Waals surface area contributed by atoms with Crippen LogP contribution in [0.4, 0.5) is 0 Å². The number of aryl methyl sites for hydroxylation is 1. The molecule has 2 aromatic rings. The summed E-state index contributed by atoms with van der Waals surface area (Å²) < 4.78 is 1.96. The zero-order valence-electron chi connectivity index (χ0n) is 9.10. The Morgan fingerprint density at radius 3 is 3.19 bits per heavy atom. The van der Waals surface area contributed by atoms with Gasteiger partial charge >= 0.3 is 0 Å². The maximum Gasteiger partial charge on any atom is 0.243 e. The minimum atomic E-state index is -0.166. The predicted octanol–water partition coefficient (Wildman–Crippen LogP) is 1.38. The lowest BCUT2D eigenvalue weighted by molar-refractivity contribution is -0.116. The fourth-order valence-electron chi connectivity index (χ4n) is 1.55. The molecule has 1 aromatic carbocycles. The van der Waals surface area contributed by atoms with Gasteiger partial charge in [0.2, 0.25) is 5.91 Å². The van der Waals surface area contributed by atoms with Crippen LogP contribution in [0.25, 0.3) is 11.0 Å². The van der Waals surface area contributed by atoms with Crippen LogP contribution >= 0.6 is 0 Å². The number of nitrogens with zero attached hydrogens (tertiary/aromatic N) is 2. The third-order valence-electron chi connectivity index (χ3n) is 2.44. The number of fused-ring (bicyclic) bond motifs is 1. The quantitative estimate of drug-likeness (QED) is 0.786. The van der Waals surface area contributed by atoms with Gasteiger partial charge in [0.25, 0.3) is 0 Å². The summed E-state index contributed by atoms with van der Waals surface area (Å²) in [6.07, 6.45) is 3.04. The van der Waals surface area contributed by atoms with E-state index in [-0.39, 0.29) is 5.91 Å². The first-order chi connectivity index (χ1) is 7.70. The number of hydrogen-bond acceptors (Lipinski definition) is 2. The number of rotatable bonds is 3. The largest absolute Gasteiger partial charge is 0.348 e. The highest BCUT2D eigenvalue weighted by molar-refractivity contribution is 5.86. The minimum Gasteiger partial charge on any atom is -0.348 e. The third kappa shape index (κ3) is 1.95. The van der Waals surface area contributed by atoms with Gasteiger partial charge in [-0.15, -0.1) is 0 Å². The first kappa shape index (κ1) is 10.4. The first-order valence-electron chi connectivity index (χ1n) is 5.01. The fraction of sp³-hybridized carbons (Fsp3) is 0.167. The van der Waals surface area contributed by atoms with Crippen molar-refractivity contribution in [2.24, 2.45) is 7.05 Å². The van der Waals surface area contributed by atoms with Crippen molar-refractivity contribution in [2.75, 3.05) is 0 Å². The van der Waals surface area contributed by atoms with Crippen molar-refractivity contribution < 1.29 is 4.79 Å². The molecule has 0 aliphatic carbocycles. The van der Waals surface area contributed by atoms with Crippen molar-refractivity contribution in [3.63, 3.8) is 0 Å². The second kappa shape index (κ2) is 4.18. The molecule has 0 atom stereocenters. The summed E-state index contributed by atoms with van der Waals surface area (Å²) in [5.41, 5.74) is 3.05. The van der Waals surface area contributed by atoms with Crippen molar-refractivity contribution in [3.8, 4) is 0 Å². The van der Waals surface area contributed by atoms with E-state index in [9.17, 15) is 4.79 Å². The van der Waals surface area contributed by atoms with E-state index in [0.717, 1.165) is 16.6 Å². The number of imidazole rings is 1. The molecule has 0 radical (unpaired) electrons. The molecule has 82 valence electrons. The molecular weight excluding hydrogens is 202 g/mol. The van der Waals surface area contributed by atoms with E-state index in [1.807, 2.05) is 29.8 Å². The number of carbonyl (C=O) groups is 1. The van der Waals surface area contributed by atoms with E-state index in [0.29, 0.717) is 6.54 Å². The lowest BCUT2D eigenvalue weighted by Crippen LogP contribution is -2.19. The van der Waals surface area contributed by atoms with Gasteiger partial charge in [-0.2, -0.15) is 0 Å². The highest BCUT2D eigenvalue weighted by Crippen LogP contribution is 2.13. The standard InChI is InChI=1S/C12H13N3O/c1-3-12(16)13-7-9-4-5-11-10(6-9)14-8-15(11)2/h3-6,8H,1,7H2,2H3,(H,13,16). The maximum absolute atomic E-state index is 11.0. The fourth-order valence-corrected chi connectivity index (χ4v) is 1.55. The SMILES string of the molecule is C=CC(=O)NCc1ccc2c(c1)ncn2C. The first-order valence-corrected chi connectivity index (χ1v) is 5.01. The van der Waals surface area contributed by atoms with Crippen LogP contribution in [-0.2, 0) is 18.4 Å². The molecular formula is C12H13N3O. The molecule has 0 aliphatic heterocycles. The van der Waals surface area contributed by atoms with E-state index in [1.54, 1.807) is 6.33 Å². The van der Waals surface area contributed by atoms with Gasteiger partial charge in [0.1, 0.15) is 0 Å². The number of aromatic nitrogens is 2. The lowest BCUT2D eigenvalue weighted by atomic mass is 10.2. The highest BCUT2D eigenvalue weighted by atomic mass is 16.1. The average molecular weight is 215 g/mol. The van der Waals surface area contributed by atoms with Crippen LogP contribution < -0.4 is 5.32 Å². The Bertz CT molecular complexity index is 542. The Labute approximate surface area is 93.6 Å². The molecule has 4 nitrogen and oxygen atoms in total. The van der Waals surface area contributed by atoms with Crippen molar-refractivity contribution in [1.29, 1.82) is 0 Å². The molecule has 0 unspecified atom stereocenters. The van der Waals surface area contributed by atoms with E-state index in [1.165, 1.54) is 6.08 Å². The second-order valence-electron chi connectivity index (χ2n) is 3.60. The van der Waals surface area contributed by atoms with Crippen LogP contribution in [0.15, 0.2) is 37.2 Å². The summed E-state index contributed by atoms with van der Waals surface area (Å²) in [6.45, 7) is 3.90. The van der Waals surface area contributed by atoms with Gasteiger partial charge in [0, 0.05) is 13.6 Å². The Kier molecular flexibility index (Phi) is 2.72. The van der Waals surface area contributed by atoms with Crippen LogP contribution in [0.2, 0.25) is 0 Å². The van der Waals surface area contributed by atoms with E-state index < -0.39 is 0 Å². The normalized spacial score (nSPS) is 10.3. The van der Waals surface area contributed by atoms with Gasteiger partial charge in [0.15, 0.2) is 0 Å². The molecule has 0 spiro atoms. The summed E-state index contributed by atoms with van der Waals surface area (Å²) in [5.74, 6) is -0.166. The second-order valence-corrected chi connectivity index (χ2v) is 3.60. The number of hydrogen-bond donors (Lipinski definition) is 1. The summed E-state index contributed by atoms with van der Waals surface area (Å²) in [6, 6.07) is 5.95. The van der Waals surface area contributed by atoms with Gasteiger partial charge in [-0.25, -0.2) is 4.98 Å². The smallest absolute Gasteiger partial charge is 0.243 e. The van der Waals surface area contributed by atoms with Gasteiger partial charge in [-0.1, -0.05) is 12.6 Å². The van der Waals surface area contributed by atoms with E-state index in [2.05, 4.69) is 16.9 Å². The molecule has 0 aliphatic rings. The molecule has 0 saturated carbocycles. The molecule has 4 heteroatoms. The van der Waals surface area contributed by atoms with Crippen LogP contribution in [0, 0.1) is 0 Å². The average Bonchev–Trinajstić information content (AvgIpc) is 2.67. The van der Waals surface area contributed by atoms with E-state index >= 15 is 0 Å². The zero-order valence-corrected chi connectivity index (χ0v) is 9.10. The number of nitrogens with one attached hydrogen (secondary N) is 1. The summed E-state index contributed by atoms with van der Waals surface area (Å²) in [7, 11) is 1.95. The third-order valence-corrected chi connectivity index (χ3v) is 2.44. The number of benzene rings is 1. The summed E-state index contributed by atoms with van der Waals surface area (Å²) in [5, 5.41) is 2.73. The van der Waals surface area contributed by atoms with E-state index in [4.69, 9.17) is 0 Å². The number of carbonyl (C=O) groups excluding carboxylic acids is 1. The van der Waals surface area contributed by atoms with Crippen LogP contribution in [-0.4, -0.2) is 15.5 Å². The highest BCUT2D eigenvalue weighted by Gasteiger charge is 2.01. The molecule has 0 fully saturated rings. The van der Waals surface area contributed by atoms with Crippen LogP contribution in [0.5, 0.6) is 0 Å². The number of amides is 1. The Hall–Kier alpha value is -2.10. The van der Waals surface area contributed by atoms with Crippen molar-refractivity contribution in [1.82, 2.24) is 14.9 Å². The molecule has 16 heavy (non-hydrogen) atoms. The summed E-state index contributed by atoms with van der Waals surface area (Å²) in [4.78, 5) is 15.3. The van der Waals surface area contributed by atoms with Gasteiger partial charge in [-0.3, -0.25) is 4.79 Å². The molecule has 1 N–H and O–H groups in total. The molecule has 2 rings (SSSR count). The maximum atomic E-state index is 11.0. The van der Waals surface area contributed by atoms with Crippen molar-refractivity contribution in [3.05, 3.63) is 42.7 Å². The van der Waals surface area contributed by atoms with Crippen LogP contribution in [0.1, 0.15) is 5.56 Å². The Morgan fingerprint density at radius 2 is 2.44 bits per heavy atom. The summed E-state index contributed by atoms with van der Waals surface area (Å²) >= 11 is 0. The predicted molar refractivity (Wildman–Crippen MR) is 62.8 cm³/mol. The lowest BCUT2D eigenvalue weighted by Gasteiger charge is -2.02. The van der Waals surface area contributed by atoms with Gasteiger partial charge in [-0.05, 0) is 23.8 Å². The molecule has 0 bridgehead atoms. The van der Waals surface area contributed by atoms with Crippen LogP contribution in [0.3, 0.4) is 0 Å². The van der Waals surface area contributed by atoms with Crippen molar-refractivity contribution in [2.45, 2.75) is 6.54 Å². The Balaban J connectivity index is 2.19. The van der Waals surface area contributed by atoms with Gasteiger partial charge < -0.3 is 9.88 Å². The monoisotopic (exact) mass is 215 g/mol. The topological polar surface area (TPSA) is 46.9 Å². The Morgan fingerprint density at radius 1 is 1.62 bits per heavy atom. The molecule has 1 heterocycles. The molecule has 1 amide bonds. The molecule has 0 saturated heterocycles. The van der Waals surface area contributed by atoms with Crippen molar-refractivity contribution >= 4 is 16.9 Å². The zero-order chi connectivity index (χ0) is 11.5. The molecule has 1 aromatic heterocycles. The minimum absolute atomic E-state index is 0.166. The van der Waals surface area contributed by atoms with Gasteiger partial charge in [0.05, 0.1) is 17.4 Å².